The molecule has 0 unspecified atom stereocenters. The fourth-order valence-electron chi connectivity index (χ4n) is 4.51. The van der Waals surface area contributed by atoms with Gasteiger partial charge in [-0.1, -0.05) is 72.3 Å². The maximum absolute atomic E-state index is 13.5. The number of benzene rings is 3. The molecule has 3 atom stereocenters. The summed E-state index contributed by atoms with van der Waals surface area (Å²) in [7, 11) is 0. The molecule has 0 radical (unpaired) electrons. The van der Waals surface area contributed by atoms with Gasteiger partial charge in [-0.05, 0) is 54.2 Å². The first-order valence-corrected chi connectivity index (χ1v) is 11.4. The molecule has 3 aromatic rings. The minimum Gasteiger partial charge on any atom is -0.349 e. The van der Waals surface area contributed by atoms with Crippen molar-refractivity contribution in [2.24, 2.45) is 5.92 Å². The van der Waals surface area contributed by atoms with Crippen LogP contribution >= 0.6 is 11.6 Å². The lowest BCUT2D eigenvalue weighted by Crippen LogP contribution is -2.45. The number of amides is 1. The summed E-state index contributed by atoms with van der Waals surface area (Å²) in [6, 6.07) is 24.4. The molecule has 1 amide bonds. The Kier molecular flexibility index (Phi) is 7.23. The third-order valence-corrected chi connectivity index (χ3v) is 6.62. The standard InChI is InChI=1S/C27H28ClFN2O/c1-19(20-7-3-2-4-8-20)30-27(32)24-15-23(21-11-13-25(29)14-12-21)17-31(18-24)16-22-9-5-6-10-26(22)28/h2-14,19,23-24H,15-18H2,1H3,(H,30,32)/t19-,23-,24+/m0/s1. The van der Waals surface area contributed by atoms with Crippen molar-refractivity contribution in [3.63, 3.8) is 0 Å². The molecule has 0 spiro atoms. The highest BCUT2D eigenvalue weighted by atomic mass is 35.5. The summed E-state index contributed by atoms with van der Waals surface area (Å²) < 4.78 is 13.5. The molecule has 5 heteroatoms. The molecule has 0 aromatic heterocycles. The van der Waals surface area contributed by atoms with Crippen LogP contribution in [0.25, 0.3) is 0 Å². The molecule has 3 nitrogen and oxygen atoms in total. The van der Waals surface area contributed by atoms with Crippen molar-refractivity contribution in [2.75, 3.05) is 13.1 Å². The summed E-state index contributed by atoms with van der Waals surface area (Å²) in [5.41, 5.74) is 3.19. The molecule has 0 saturated carbocycles. The zero-order valence-corrected chi connectivity index (χ0v) is 18.9. The highest BCUT2D eigenvalue weighted by Crippen LogP contribution is 2.32. The molecular weight excluding hydrogens is 423 g/mol. The van der Waals surface area contributed by atoms with Crippen molar-refractivity contribution >= 4 is 17.5 Å². The lowest BCUT2D eigenvalue weighted by Gasteiger charge is -2.38. The number of hydrogen-bond acceptors (Lipinski definition) is 2. The van der Waals surface area contributed by atoms with Gasteiger partial charge in [-0.25, -0.2) is 4.39 Å². The zero-order chi connectivity index (χ0) is 22.5. The van der Waals surface area contributed by atoms with Crippen LogP contribution in [0.4, 0.5) is 4.39 Å². The first-order chi connectivity index (χ1) is 15.5. The van der Waals surface area contributed by atoms with Gasteiger partial charge in [0.15, 0.2) is 0 Å². The third-order valence-electron chi connectivity index (χ3n) is 6.25. The lowest BCUT2D eigenvalue weighted by atomic mass is 9.83. The smallest absolute Gasteiger partial charge is 0.224 e. The fraction of sp³-hybridized carbons (Fsp3) is 0.296. The van der Waals surface area contributed by atoms with Crippen LogP contribution in [0.15, 0.2) is 78.9 Å². The average molecular weight is 451 g/mol. The number of carbonyl (C=O) groups is 1. The second-order valence-corrected chi connectivity index (χ2v) is 9.01. The maximum atomic E-state index is 13.5. The Hall–Kier alpha value is -2.69. The number of carbonyl (C=O) groups excluding carboxylic acids is 1. The molecule has 166 valence electrons. The summed E-state index contributed by atoms with van der Waals surface area (Å²) in [6.07, 6.45) is 0.734. The maximum Gasteiger partial charge on any atom is 0.224 e. The summed E-state index contributed by atoms with van der Waals surface area (Å²) in [5, 5.41) is 3.92. The van der Waals surface area contributed by atoms with E-state index in [-0.39, 0.29) is 29.6 Å². The molecule has 0 bridgehead atoms. The van der Waals surface area contributed by atoms with Crippen molar-refractivity contribution in [3.05, 3.63) is 106 Å². The third kappa shape index (κ3) is 5.56. The molecular formula is C27H28ClFN2O. The van der Waals surface area contributed by atoms with Gasteiger partial charge >= 0.3 is 0 Å². The van der Waals surface area contributed by atoms with Crippen LogP contribution in [-0.2, 0) is 11.3 Å². The molecule has 1 fully saturated rings. The van der Waals surface area contributed by atoms with Crippen LogP contribution in [0.1, 0.15) is 42.0 Å². The highest BCUT2D eigenvalue weighted by Gasteiger charge is 2.33. The Balaban J connectivity index is 1.52. The molecule has 1 saturated heterocycles. The lowest BCUT2D eigenvalue weighted by molar-refractivity contribution is -0.127. The van der Waals surface area contributed by atoms with E-state index in [9.17, 15) is 9.18 Å². The van der Waals surface area contributed by atoms with Crippen LogP contribution in [-0.4, -0.2) is 23.9 Å². The van der Waals surface area contributed by atoms with Gasteiger partial charge in [-0.2, -0.15) is 0 Å². The largest absolute Gasteiger partial charge is 0.349 e. The quantitative estimate of drug-likeness (QED) is 0.502. The van der Waals surface area contributed by atoms with Crippen molar-refractivity contribution in [3.8, 4) is 0 Å². The topological polar surface area (TPSA) is 32.3 Å². The Morgan fingerprint density at radius 1 is 1.03 bits per heavy atom. The van der Waals surface area contributed by atoms with E-state index < -0.39 is 0 Å². The van der Waals surface area contributed by atoms with E-state index in [1.54, 1.807) is 0 Å². The zero-order valence-electron chi connectivity index (χ0n) is 18.2. The van der Waals surface area contributed by atoms with E-state index in [1.807, 2.05) is 73.7 Å². The average Bonchev–Trinajstić information content (AvgIpc) is 2.81. The Labute approximate surface area is 194 Å². The van der Waals surface area contributed by atoms with E-state index in [2.05, 4.69) is 10.2 Å². The number of rotatable bonds is 6. The number of nitrogens with one attached hydrogen (secondary N) is 1. The number of halogens is 2. The number of likely N-dealkylation sites (tertiary alicyclic amines) is 1. The Bertz CT molecular complexity index is 1040. The van der Waals surface area contributed by atoms with E-state index in [0.29, 0.717) is 13.1 Å². The molecule has 32 heavy (non-hydrogen) atoms. The van der Waals surface area contributed by atoms with Gasteiger partial charge in [0.2, 0.25) is 5.91 Å². The van der Waals surface area contributed by atoms with Crippen LogP contribution in [0.5, 0.6) is 0 Å². The monoisotopic (exact) mass is 450 g/mol. The Morgan fingerprint density at radius 3 is 2.44 bits per heavy atom. The van der Waals surface area contributed by atoms with E-state index in [0.717, 1.165) is 34.7 Å². The van der Waals surface area contributed by atoms with Crippen LogP contribution in [0, 0.1) is 11.7 Å². The SMILES string of the molecule is C[C@H](NC(=O)[C@@H]1C[C@H](c2ccc(F)cc2)CN(Cc2ccccc2Cl)C1)c1ccccc1. The van der Waals surface area contributed by atoms with Gasteiger partial charge in [0.05, 0.1) is 12.0 Å². The molecule has 1 heterocycles. The molecule has 1 aliphatic heterocycles. The van der Waals surface area contributed by atoms with Crippen molar-refractivity contribution < 1.29 is 9.18 Å². The van der Waals surface area contributed by atoms with E-state index in [1.165, 1.54) is 12.1 Å². The summed E-state index contributed by atoms with van der Waals surface area (Å²) in [6.45, 7) is 4.15. The van der Waals surface area contributed by atoms with Crippen molar-refractivity contribution in [1.29, 1.82) is 0 Å². The minimum absolute atomic E-state index is 0.0531. The highest BCUT2D eigenvalue weighted by molar-refractivity contribution is 6.31. The van der Waals surface area contributed by atoms with Gasteiger partial charge in [0.1, 0.15) is 5.82 Å². The molecule has 1 N–H and O–H groups in total. The first kappa shape index (κ1) is 22.5. The summed E-state index contributed by atoms with van der Waals surface area (Å²) in [4.78, 5) is 15.5. The van der Waals surface area contributed by atoms with Crippen molar-refractivity contribution in [1.82, 2.24) is 10.2 Å². The summed E-state index contributed by atoms with van der Waals surface area (Å²) in [5.74, 6) is -0.206. The molecule has 1 aliphatic rings. The van der Waals surface area contributed by atoms with Crippen LogP contribution < -0.4 is 5.32 Å². The fourth-order valence-corrected chi connectivity index (χ4v) is 4.71. The second-order valence-electron chi connectivity index (χ2n) is 8.61. The van der Waals surface area contributed by atoms with Gasteiger partial charge in [-0.15, -0.1) is 0 Å². The summed E-state index contributed by atoms with van der Waals surface area (Å²) >= 11 is 6.40. The molecule has 0 aliphatic carbocycles. The van der Waals surface area contributed by atoms with Gasteiger partial charge in [-0.3, -0.25) is 9.69 Å². The minimum atomic E-state index is -0.247. The predicted octanol–water partition coefficient (Wildman–Crippen LogP) is 5.96. The van der Waals surface area contributed by atoms with E-state index in [4.69, 9.17) is 11.6 Å². The number of nitrogens with zero attached hydrogens (tertiary/aromatic N) is 1. The number of hydrogen-bond donors (Lipinski definition) is 1. The van der Waals surface area contributed by atoms with Gasteiger partial charge in [0.25, 0.3) is 0 Å². The van der Waals surface area contributed by atoms with Gasteiger partial charge < -0.3 is 5.32 Å². The van der Waals surface area contributed by atoms with E-state index >= 15 is 0 Å². The molecule has 4 rings (SSSR count). The van der Waals surface area contributed by atoms with Gasteiger partial charge in [0, 0.05) is 24.7 Å². The normalized spacial score (nSPS) is 20.0. The van der Waals surface area contributed by atoms with Crippen LogP contribution in [0.3, 0.4) is 0 Å². The second kappa shape index (κ2) is 10.3. The molecule has 3 aromatic carbocycles. The first-order valence-electron chi connectivity index (χ1n) is 11.1. The predicted molar refractivity (Wildman–Crippen MR) is 127 cm³/mol. The number of piperidine rings is 1. The van der Waals surface area contributed by atoms with Crippen LogP contribution in [0.2, 0.25) is 5.02 Å². The Morgan fingerprint density at radius 2 is 1.72 bits per heavy atom. The van der Waals surface area contributed by atoms with Crippen molar-refractivity contribution in [2.45, 2.75) is 31.8 Å².